The fraction of sp³-hybridized carbons (Fsp3) is 0.538. The molecule has 0 aliphatic rings. The number of nitrogens with one attached hydrogen (secondary N) is 1. The summed E-state index contributed by atoms with van der Waals surface area (Å²) in [5, 5.41) is 3.06. The topological polar surface area (TPSA) is 12.0 Å². The molecule has 1 aromatic carbocycles. The molecule has 1 nitrogen and oxygen atoms in total. The zero-order valence-electron chi connectivity index (χ0n) is 10.1. The average molecular weight is 245 g/mol. The maximum absolute atomic E-state index is 12.7. The van der Waals surface area contributed by atoms with Gasteiger partial charge in [0.15, 0.2) is 0 Å². The van der Waals surface area contributed by atoms with E-state index in [1.165, 1.54) is 12.1 Å². The van der Waals surface area contributed by atoms with E-state index in [4.69, 9.17) is 0 Å². The largest absolute Gasteiger partial charge is 0.416 e. The monoisotopic (exact) mass is 245 g/mol. The average Bonchev–Trinajstić information content (AvgIpc) is 2.28. The molecule has 0 heterocycles. The zero-order valence-corrected chi connectivity index (χ0v) is 10.1. The first kappa shape index (κ1) is 14.0. The van der Waals surface area contributed by atoms with Gasteiger partial charge >= 0.3 is 6.18 Å². The van der Waals surface area contributed by atoms with E-state index in [1.54, 1.807) is 6.07 Å². The van der Waals surface area contributed by atoms with Crippen LogP contribution in [0.25, 0.3) is 0 Å². The lowest BCUT2D eigenvalue weighted by Crippen LogP contribution is -2.22. The van der Waals surface area contributed by atoms with Crippen molar-refractivity contribution in [1.29, 1.82) is 0 Å². The van der Waals surface area contributed by atoms with Gasteiger partial charge in [-0.05, 0) is 24.1 Å². The maximum atomic E-state index is 12.7. The second-order valence-electron chi connectivity index (χ2n) is 4.30. The van der Waals surface area contributed by atoms with Gasteiger partial charge in [-0.1, -0.05) is 38.5 Å². The quantitative estimate of drug-likeness (QED) is 0.831. The molecule has 0 bridgehead atoms. The highest BCUT2D eigenvalue weighted by atomic mass is 19.4. The Morgan fingerprint density at radius 2 is 1.88 bits per heavy atom. The molecular weight excluding hydrogens is 227 g/mol. The van der Waals surface area contributed by atoms with Crippen LogP contribution in [0.4, 0.5) is 13.2 Å². The van der Waals surface area contributed by atoms with Gasteiger partial charge in [-0.25, -0.2) is 0 Å². The Balaban J connectivity index is 2.65. The van der Waals surface area contributed by atoms with Gasteiger partial charge in [-0.3, -0.25) is 0 Å². The van der Waals surface area contributed by atoms with E-state index in [0.29, 0.717) is 11.5 Å². The zero-order chi connectivity index (χ0) is 12.9. The summed E-state index contributed by atoms with van der Waals surface area (Å²) < 4.78 is 38.0. The fourth-order valence-corrected chi connectivity index (χ4v) is 1.55. The first-order valence-electron chi connectivity index (χ1n) is 5.81. The molecule has 0 amide bonds. The number of alkyl halides is 3. The minimum Gasteiger partial charge on any atom is -0.312 e. The van der Waals surface area contributed by atoms with Crippen LogP contribution >= 0.6 is 0 Å². The molecule has 0 spiro atoms. The van der Waals surface area contributed by atoms with E-state index in [0.717, 1.165) is 19.0 Å². The summed E-state index contributed by atoms with van der Waals surface area (Å²) in [6.07, 6.45) is -3.25. The molecule has 1 rings (SSSR count). The van der Waals surface area contributed by atoms with Crippen LogP contribution in [0.3, 0.4) is 0 Å². The molecule has 0 aliphatic heterocycles. The van der Waals surface area contributed by atoms with Gasteiger partial charge in [-0.15, -0.1) is 0 Å². The highest BCUT2D eigenvalue weighted by molar-refractivity contribution is 5.29. The maximum Gasteiger partial charge on any atom is 0.416 e. The Kier molecular flexibility index (Phi) is 5.00. The second-order valence-corrected chi connectivity index (χ2v) is 4.30. The second kappa shape index (κ2) is 6.05. The number of halogens is 3. The summed E-state index contributed by atoms with van der Waals surface area (Å²) in [5.41, 5.74) is -0.236. The molecule has 0 saturated carbocycles. The van der Waals surface area contributed by atoms with Crippen LogP contribution < -0.4 is 5.32 Å². The van der Waals surface area contributed by atoms with Gasteiger partial charge in [0.1, 0.15) is 0 Å². The Hall–Kier alpha value is -1.03. The van der Waals surface area contributed by atoms with Crippen LogP contribution in [-0.2, 0) is 12.7 Å². The third kappa shape index (κ3) is 4.38. The minimum atomic E-state index is -4.27. The number of benzene rings is 1. The van der Waals surface area contributed by atoms with E-state index < -0.39 is 11.7 Å². The molecule has 0 aromatic heterocycles. The van der Waals surface area contributed by atoms with E-state index in [1.807, 2.05) is 0 Å². The van der Waals surface area contributed by atoms with Crippen molar-refractivity contribution >= 4 is 0 Å². The van der Waals surface area contributed by atoms with Crippen molar-refractivity contribution in [2.24, 2.45) is 5.92 Å². The number of rotatable bonds is 5. The van der Waals surface area contributed by atoms with Crippen LogP contribution in [0.1, 0.15) is 31.4 Å². The molecule has 1 aromatic rings. The minimum absolute atomic E-state index is 0.264. The molecule has 1 N–H and O–H groups in total. The van der Waals surface area contributed by atoms with Gasteiger partial charge < -0.3 is 5.32 Å². The van der Waals surface area contributed by atoms with Gasteiger partial charge in [0.25, 0.3) is 0 Å². The molecule has 4 heteroatoms. The predicted molar refractivity (Wildman–Crippen MR) is 62.6 cm³/mol. The Bertz CT molecular complexity index is 347. The molecule has 1 unspecified atom stereocenters. The highest BCUT2D eigenvalue weighted by Crippen LogP contribution is 2.31. The van der Waals surface area contributed by atoms with Crippen molar-refractivity contribution in [2.75, 3.05) is 6.54 Å². The molecule has 0 saturated heterocycles. The van der Waals surface area contributed by atoms with Gasteiger partial charge in [0.2, 0.25) is 0 Å². The van der Waals surface area contributed by atoms with E-state index >= 15 is 0 Å². The normalized spacial score (nSPS) is 13.7. The predicted octanol–water partition coefficient (Wildman–Crippen LogP) is 3.84. The molecular formula is C13H18F3N. The highest BCUT2D eigenvalue weighted by Gasteiger charge is 2.32. The number of hydrogen-bond donors (Lipinski definition) is 1. The summed E-state index contributed by atoms with van der Waals surface area (Å²) in [7, 11) is 0. The van der Waals surface area contributed by atoms with E-state index in [-0.39, 0.29) is 6.54 Å². The molecule has 96 valence electrons. The molecule has 0 fully saturated rings. The van der Waals surface area contributed by atoms with Crippen molar-refractivity contribution in [3.05, 3.63) is 35.4 Å². The van der Waals surface area contributed by atoms with Gasteiger partial charge in [0, 0.05) is 6.54 Å². The Morgan fingerprint density at radius 3 is 2.47 bits per heavy atom. The Morgan fingerprint density at radius 1 is 1.24 bits per heavy atom. The van der Waals surface area contributed by atoms with Gasteiger partial charge in [0.05, 0.1) is 5.56 Å². The van der Waals surface area contributed by atoms with Crippen LogP contribution in [0.5, 0.6) is 0 Å². The van der Waals surface area contributed by atoms with Crippen LogP contribution in [0.15, 0.2) is 24.3 Å². The summed E-state index contributed by atoms with van der Waals surface area (Å²) in [6, 6.07) is 5.70. The summed E-state index contributed by atoms with van der Waals surface area (Å²) in [5.74, 6) is 0.480. The lowest BCUT2D eigenvalue weighted by molar-refractivity contribution is -0.138. The first-order valence-corrected chi connectivity index (χ1v) is 5.81. The SMILES string of the molecule is CCC(C)CNCc1ccccc1C(F)(F)F. The summed E-state index contributed by atoms with van der Waals surface area (Å²) >= 11 is 0. The smallest absolute Gasteiger partial charge is 0.312 e. The summed E-state index contributed by atoms with van der Waals surface area (Å²) in [4.78, 5) is 0. The van der Waals surface area contributed by atoms with Crippen molar-refractivity contribution < 1.29 is 13.2 Å². The fourth-order valence-electron chi connectivity index (χ4n) is 1.55. The van der Waals surface area contributed by atoms with Gasteiger partial charge in [-0.2, -0.15) is 13.2 Å². The Labute approximate surface area is 100 Å². The standard InChI is InChI=1S/C13H18F3N/c1-3-10(2)8-17-9-11-6-4-5-7-12(11)13(14,15)16/h4-7,10,17H,3,8-9H2,1-2H3. The number of hydrogen-bond acceptors (Lipinski definition) is 1. The molecule has 17 heavy (non-hydrogen) atoms. The van der Waals surface area contributed by atoms with E-state index in [2.05, 4.69) is 19.2 Å². The van der Waals surface area contributed by atoms with Crippen molar-refractivity contribution in [1.82, 2.24) is 5.32 Å². The van der Waals surface area contributed by atoms with Crippen LogP contribution in [-0.4, -0.2) is 6.54 Å². The first-order chi connectivity index (χ1) is 7.95. The third-order valence-electron chi connectivity index (χ3n) is 2.83. The van der Waals surface area contributed by atoms with Crippen molar-refractivity contribution in [2.45, 2.75) is 33.0 Å². The third-order valence-corrected chi connectivity index (χ3v) is 2.83. The summed E-state index contributed by atoms with van der Waals surface area (Å²) in [6.45, 7) is 5.14. The van der Waals surface area contributed by atoms with Crippen LogP contribution in [0.2, 0.25) is 0 Å². The molecule has 0 radical (unpaired) electrons. The van der Waals surface area contributed by atoms with E-state index in [9.17, 15) is 13.2 Å². The molecule has 0 aliphatic carbocycles. The van der Waals surface area contributed by atoms with Crippen molar-refractivity contribution in [3.63, 3.8) is 0 Å². The van der Waals surface area contributed by atoms with Crippen LogP contribution in [0, 0.1) is 5.92 Å². The lowest BCUT2D eigenvalue weighted by Gasteiger charge is -2.14. The molecule has 1 atom stereocenters. The lowest BCUT2D eigenvalue weighted by atomic mass is 10.1. The van der Waals surface area contributed by atoms with Crippen molar-refractivity contribution in [3.8, 4) is 0 Å².